The first-order chi connectivity index (χ1) is 10.2. The van der Waals surface area contributed by atoms with Crippen LogP contribution in [0.25, 0.3) is 11.0 Å². The van der Waals surface area contributed by atoms with E-state index < -0.39 is 0 Å². The SMILES string of the molecule is Cc1nn(C)c2ncc(NC3CCCC(C4CC4)C3)cc12. The molecule has 0 amide bonds. The number of rotatable bonds is 3. The number of nitrogens with zero attached hydrogens (tertiary/aromatic N) is 3. The molecule has 2 aromatic heterocycles. The average Bonchev–Trinajstić information content (AvgIpc) is 3.28. The Labute approximate surface area is 125 Å². The normalized spacial score (nSPS) is 26.2. The van der Waals surface area contributed by atoms with Gasteiger partial charge in [-0.3, -0.25) is 4.68 Å². The van der Waals surface area contributed by atoms with Crippen LogP contribution in [0.3, 0.4) is 0 Å². The third-order valence-electron chi connectivity index (χ3n) is 5.24. The van der Waals surface area contributed by atoms with Crippen LogP contribution in [0.2, 0.25) is 0 Å². The van der Waals surface area contributed by atoms with E-state index in [1.807, 2.05) is 17.9 Å². The van der Waals surface area contributed by atoms with E-state index in [4.69, 9.17) is 0 Å². The lowest BCUT2D eigenvalue weighted by molar-refractivity contribution is 0.303. The zero-order valence-electron chi connectivity index (χ0n) is 13.0. The summed E-state index contributed by atoms with van der Waals surface area (Å²) >= 11 is 0. The fourth-order valence-corrected chi connectivity index (χ4v) is 3.98. The molecule has 2 atom stereocenters. The van der Waals surface area contributed by atoms with Crippen molar-refractivity contribution >= 4 is 16.7 Å². The molecule has 2 saturated carbocycles. The predicted octanol–water partition coefficient (Wildman–Crippen LogP) is 3.66. The topological polar surface area (TPSA) is 42.7 Å². The van der Waals surface area contributed by atoms with Crippen molar-refractivity contribution in [1.29, 1.82) is 0 Å². The molecule has 4 nitrogen and oxygen atoms in total. The summed E-state index contributed by atoms with van der Waals surface area (Å²) < 4.78 is 1.86. The average molecular weight is 284 g/mol. The highest BCUT2D eigenvalue weighted by Crippen LogP contribution is 2.44. The number of hydrogen-bond donors (Lipinski definition) is 1. The van der Waals surface area contributed by atoms with Crippen LogP contribution < -0.4 is 5.32 Å². The molecule has 4 heteroatoms. The molecule has 2 aromatic rings. The van der Waals surface area contributed by atoms with Gasteiger partial charge in [0.1, 0.15) is 0 Å². The number of pyridine rings is 1. The third-order valence-corrected chi connectivity index (χ3v) is 5.24. The zero-order valence-corrected chi connectivity index (χ0v) is 13.0. The van der Waals surface area contributed by atoms with Crippen molar-refractivity contribution in [2.45, 2.75) is 51.5 Å². The van der Waals surface area contributed by atoms with E-state index in [9.17, 15) is 0 Å². The van der Waals surface area contributed by atoms with E-state index in [0.29, 0.717) is 6.04 Å². The highest BCUT2D eigenvalue weighted by atomic mass is 15.3. The van der Waals surface area contributed by atoms with Crippen molar-refractivity contribution in [3.63, 3.8) is 0 Å². The second kappa shape index (κ2) is 5.00. The van der Waals surface area contributed by atoms with Crippen LogP contribution in [0, 0.1) is 18.8 Å². The van der Waals surface area contributed by atoms with E-state index in [1.54, 1.807) is 0 Å². The Morgan fingerprint density at radius 2 is 2.05 bits per heavy atom. The smallest absolute Gasteiger partial charge is 0.157 e. The fourth-order valence-electron chi connectivity index (χ4n) is 3.98. The molecule has 21 heavy (non-hydrogen) atoms. The van der Waals surface area contributed by atoms with Crippen molar-refractivity contribution in [3.8, 4) is 0 Å². The summed E-state index contributed by atoms with van der Waals surface area (Å²) in [6.07, 6.45) is 10.4. The molecule has 4 rings (SSSR count). The molecule has 0 saturated heterocycles. The third kappa shape index (κ3) is 2.52. The molecule has 0 radical (unpaired) electrons. The first-order valence-corrected chi connectivity index (χ1v) is 8.26. The standard InChI is InChI=1S/C17H24N4/c1-11-16-9-15(10-18-17(16)21(2)20-11)19-14-5-3-4-13(8-14)12-6-7-12/h9-10,12-14,19H,3-8H2,1-2H3. The number of nitrogens with one attached hydrogen (secondary N) is 1. The molecule has 0 aliphatic heterocycles. The van der Waals surface area contributed by atoms with Crippen molar-refractivity contribution in [1.82, 2.24) is 14.8 Å². The molecular formula is C17H24N4. The minimum atomic E-state index is 0.626. The van der Waals surface area contributed by atoms with Gasteiger partial charge in [0.15, 0.2) is 5.65 Å². The molecular weight excluding hydrogens is 260 g/mol. The molecule has 2 heterocycles. The van der Waals surface area contributed by atoms with Gasteiger partial charge in [-0.15, -0.1) is 0 Å². The van der Waals surface area contributed by atoms with Crippen LogP contribution in [0.1, 0.15) is 44.2 Å². The molecule has 2 aliphatic rings. The summed E-state index contributed by atoms with van der Waals surface area (Å²) in [6.45, 7) is 2.05. The maximum Gasteiger partial charge on any atom is 0.157 e. The number of aryl methyl sites for hydroxylation is 2. The van der Waals surface area contributed by atoms with Gasteiger partial charge in [-0.25, -0.2) is 4.98 Å². The second-order valence-electron chi connectivity index (χ2n) is 6.91. The van der Waals surface area contributed by atoms with E-state index in [2.05, 4.69) is 28.4 Å². The van der Waals surface area contributed by atoms with Gasteiger partial charge in [0.2, 0.25) is 0 Å². The highest BCUT2D eigenvalue weighted by Gasteiger charge is 2.34. The van der Waals surface area contributed by atoms with Crippen LogP contribution in [0.5, 0.6) is 0 Å². The van der Waals surface area contributed by atoms with Crippen molar-refractivity contribution < 1.29 is 0 Å². The Kier molecular flexibility index (Phi) is 3.12. The zero-order chi connectivity index (χ0) is 14.4. The summed E-state index contributed by atoms with van der Waals surface area (Å²) in [7, 11) is 1.96. The lowest BCUT2D eigenvalue weighted by atomic mass is 9.82. The molecule has 0 spiro atoms. The molecule has 0 bridgehead atoms. The fraction of sp³-hybridized carbons (Fsp3) is 0.647. The molecule has 0 aromatic carbocycles. The second-order valence-corrected chi connectivity index (χ2v) is 6.91. The first kappa shape index (κ1) is 13.1. The number of hydrogen-bond acceptors (Lipinski definition) is 3. The Balaban J connectivity index is 1.52. The van der Waals surface area contributed by atoms with Crippen LogP contribution in [-0.4, -0.2) is 20.8 Å². The van der Waals surface area contributed by atoms with Crippen molar-refractivity contribution in [2.24, 2.45) is 18.9 Å². The van der Waals surface area contributed by atoms with Gasteiger partial charge in [-0.05, 0) is 50.5 Å². The Bertz CT molecular complexity index is 656. The number of aromatic nitrogens is 3. The highest BCUT2D eigenvalue weighted by molar-refractivity contribution is 5.81. The van der Waals surface area contributed by atoms with Gasteiger partial charge in [-0.2, -0.15) is 5.10 Å². The van der Waals surface area contributed by atoms with Gasteiger partial charge in [0.05, 0.1) is 17.6 Å². The lowest BCUT2D eigenvalue weighted by Crippen LogP contribution is -2.28. The van der Waals surface area contributed by atoms with Crippen molar-refractivity contribution in [2.75, 3.05) is 5.32 Å². The monoisotopic (exact) mass is 284 g/mol. The summed E-state index contributed by atoms with van der Waals surface area (Å²) in [5.41, 5.74) is 3.18. The van der Waals surface area contributed by atoms with E-state index in [1.165, 1.54) is 38.5 Å². The van der Waals surface area contributed by atoms with Gasteiger partial charge in [0, 0.05) is 18.5 Å². The summed E-state index contributed by atoms with van der Waals surface area (Å²) in [6, 6.07) is 2.84. The van der Waals surface area contributed by atoms with Crippen LogP contribution in [-0.2, 0) is 7.05 Å². The molecule has 2 unspecified atom stereocenters. The van der Waals surface area contributed by atoms with E-state index in [-0.39, 0.29) is 0 Å². The van der Waals surface area contributed by atoms with Gasteiger partial charge in [0.25, 0.3) is 0 Å². The summed E-state index contributed by atoms with van der Waals surface area (Å²) in [5, 5.41) is 9.33. The maximum atomic E-state index is 4.57. The number of anilines is 1. The Hall–Kier alpha value is -1.58. The molecule has 2 aliphatic carbocycles. The Morgan fingerprint density at radius 3 is 2.86 bits per heavy atom. The van der Waals surface area contributed by atoms with Crippen LogP contribution >= 0.6 is 0 Å². The van der Waals surface area contributed by atoms with Crippen LogP contribution in [0.4, 0.5) is 5.69 Å². The number of fused-ring (bicyclic) bond motifs is 1. The quantitative estimate of drug-likeness (QED) is 0.935. The predicted molar refractivity (Wildman–Crippen MR) is 85.3 cm³/mol. The molecule has 1 N–H and O–H groups in total. The Morgan fingerprint density at radius 1 is 1.19 bits per heavy atom. The van der Waals surface area contributed by atoms with Crippen molar-refractivity contribution in [3.05, 3.63) is 18.0 Å². The minimum Gasteiger partial charge on any atom is -0.381 e. The molecule has 112 valence electrons. The summed E-state index contributed by atoms with van der Waals surface area (Å²) in [5.74, 6) is 2.00. The van der Waals surface area contributed by atoms with Gasteiger partial charge < -0.3 is 5.32 Å². The first-order valence-electron chi connectivity index (χ1n) is 8.26. The molecule has 2 fully saturated rings. The lowest BCUT2D eigenvalue weighted by Gasteiger charge is -2.30. The van der Waals surface area contributed by atoms with Gasteiger partial charge >= 0.3 is 0 Å². The minimum absolute atomic E-state index is 0.626. The summed E-state index contributed by atoms with van der Waals surface area (Å²) in [4.78, 5) is 4.57. The van der Waals surface area contributed by atoms with E-state index in [0.717, 1.165) is 34.3 Å². The largest absolute Gasteiger partial charge is 0.381 e. The van der Waals surface area contributed by atoms with Crippen LogP contribution in [0.15, 0.2) is 12.3 Å². The van der Waals surface area contributed by atoms with Gasteiger partial charge in [-0.1, -0.05) is 12.8 Å². The maximum absolute atomic E-state index is 4.57. The van der Waals surface area contributed by atoms with E-state index >= 15 is 0 Å².